The average molecular weight is 318 g/mol. The van der Waals surface area contributed by atoms with Gasteiger partial charge in [-0.25, -0.2) is 9.97 Å². The zero-order valence-electron chi connectivity index (χ0n) is 11.2. The zero-order valence-corrected chi connectivity index (χ0v) is 12.0. The lowest BCUT2D eigenvalue weighted by atomic mass is 9.88. The second kappa shape index (κ2) is 5.31. The van der Waals surface area contributed by atoms with E-state index in [9.17, 15) is 15.3 Å². The number of halogens is 1. The molecule has 0 radical (unpaired) electrons. The van der Waals surface area contributed by atoms with Crippen molar-refractivity contribution in [3.8, 4) is 0 Å². The Labute approximate surface area is 125 Å². The molecule has 0 spiro atoms. The smallest absolute Gasteiger partial charge is 0.224 e. The summed E-state index contributed by atoms with van der Waals surface area (Å²) in [5.41, 5.74) is -0.630. The van der Waals surface area contributed by atoms with Gasteiger partial charge in [-0.2, -0.15) is 0 Å². The highest BCUT2D eigenvalue weighted by molar-refractivity contribution is 6.29. The predicted molar refractivity (Wildman–Crippen MR) is 71.8 cm³/mol. The third-order valence-electron chi connectivity index (χ3n) is 3.75. The molecule has 2 aliphatic heterocycles. The van der Waals surface area contributed by atoms with Crippen LogP contribution in [0.25, 0.3) is 0 Å². The molecule has 116 valence electrons. The summed E-state index contributed by atoms with van der Waals surface area (Å²) < 4.78 is 10.9. The predicted octanol–water partition coefficient (Wildman–Crippen LogP) is -0.942. The summed E-state index contributed by atoms with van der Waals surface area (Å²) in [6.45, 7) is 1.31. The second-order valence-corrected chi connectivity index (χ2v) is 5.67. The normalized spacial score (nSPS) is 38.5. The summed E-state index contributed by atoms with van der Waals surface area (Å²) in [4.78, 5) is 8.14. The van der Waals surface area contributed by atoms with E-state index in [-0.39, 0.29) is 17.7 Å². The van der Waals surface area contributed by atoms with Crippen LogP contribution in [0.5, 0.6) is 0 Å². The Bertz CT molecular complexity index is 527. The first-order chi connectivity index (χ1) is 9.95. The Hall–Kier alpha value is -1.03. The van der Waals surface area contributed by atoms with Crippen LogP contribution in [0.1, 0.15) is 5.69 Å². The minimum Gasteiger partial charge on any atom is -0.393 e. The summed E-state index contributed by atoms with van der Waals surface area (Å²) in [5, 5.41) is 32.9. The molecule has 2 bridgehead atoms. The lowest BCUT2D eigenvalue weighted by Crippen LogP contribution is -2.64. The van der Waals surface area contributed by atoms with Crippen molar-refractivity contribution in [2.45, 2.75) is 37.1 Å². The van der Waals surface area contributed by atoms with E-state index in [0.29, 0.717) is 5.69 Å². The number of rotatable bonds is 3. The van der Waals surface area contributed by atoms with Gasteiger partial charge in [0.15, 0.2) is 6.29 Å². The first-order valence-corrected chi connectivity index (χ1v) is 6.87. The van der Waals surface area contributed by atoms with Gasteiger partial charge in [0.2, 0.25) is 5.95 Å². The van der Waals surface area contributed by atoms with Gasteiger partial charge < -0.3 is 30.1 Å². The molecule has 2 fully saturated rings. The number of aliphatic hydroxyl groups excluding tert-OH is 3. The molecule has 3 rings (SSSR count). The Morgan fingerprint density at radius 1 is 1.48 bits per heavy atom. The molecule has 0 aromatic carbocycles. The molecule has 9 heteroatoms. The number of aryl methyl sites for hydroxylation is 1. The van der Waals surface area contributed by atoms with Gasteiger partial charge in [-0.15, -0.1) is 0 Å². The molecule has 5 atom stereocenters. The standard InChI is InChI=1S/C12H16ClN3O5/c1-5-2-6(13)15-11(14-5)16-7-8(18)9(19)12(3-17)4-20-10(7)21-12/h2,7-10,17-19H,3-4H2,1H3,(H,14,15,16)/t7-,8-,9-,10+,12+/m1/s1. The molecule has 4 N–H and O–H groups in total. The molecule has 0 amide bonds. The molecule has 0 unspecified atom stereocenters. The van der Waals surface area contributed by atoms with Crippen LogP contribution in [0.15, 0.2) is 6.07 Å². The van der Waals surface area contributed by atoms with Crippen LogP contribution in [-0.2, 0) is 9.47 Å². The van der Waals surface area contributed by atoms with Crippen molar-refractivity contribution >= 4 is 17.5 Å². The van der Waals surface area contributed by atoms with Gasteiger partial charge in [0.1, 0.15) is 29.0 Å². The van der Waals surface area contributed by atoms with E-state index in [2.05, 4.69) is 15.3 Å². The largest absolute Gasteiger partial charge is 0.393 e. The highest BCUT2D eigenvalue weighted by Crippen LogP contribution is 2.37. The highest BCUT2D eigenvalue weighted by Gasteiger charge is 2.59. The summed E-state index contributed by atoms with van der Waals surface area (Å²) in [6, 6.07) is 0.818. The average Bonchev–Trinajstić information content (AvgIpc) is 2.83. The first kappa shape index (κ1) is 14.9. The quantitative estimate of drug-likeness (QED) is 0.528. The number of nitrogens with one attached hydrogen (secondary N) is 1. The van der Waals surface area contributed by atoms with E-state index in [1.54, 1.807) is 13.0 Å². The van der Waals surface area contributed by atoms with E-state index >= 15 is 0 Å². The molecule has 2 saturated heterocycles. The summed E-state index contributed by atoms with van der Waals surface area (Å²) in [5.74, 6) is 0.201. The third-order valence-corrected chi connectivity index (χ3v) is 3.95. The fourth-order valence-electron chi connectivity index (χ4n) is 2.60. The van der Waals surface area contributed by atoms with Crippen molar-refractivity contribution in [1.29, 1.82) is 0 Å². The third kappa shape index (κ3) is 2.48. The van der Waals surface area contributed by atoms with Crippen LogP contribution < -0.4 is 5.32 Å². The lowest BCUT2D eigenvalue weighted by molar-refractivity contribution is -0.224. The number of fused-ring (bicyclic) bond motifs is 2. The van der Waals surface area contributed by atoms with E-state index < -0.39 is 36.7 Å². The van der Waals surface area contributed by atoms with E-state index in [1.807, 2.05) is 0 Å². The molecule has 0 saturated carbocycles. The topological polar surface area (TPSA) is 117 Å². The molecule has 1 aromatic heterocycles. The fourth-order valence-corrected chi connectivity index (χ4v) is 2.83. The van der Waals surface area contributed by atoms with Gasteiger partial charge in [0.05, 0.1) is 13.2 Å². The summed E-state index contributed by atoms with van der Waals surface area (Å²) in [6.07, 6.45) is -3.32. The maximum Gasteiger partial charge on any atom is 0.224 e. The molecule has 1 aromatic rings. The minimum absolute atomic E-state index is 0.00000408. The van der Waals surface area contributed by atoms with Gasteiger partial charge in [0, 0.05) is 5.69 Å². The number of hydrogen-bond donors (Lipinski definition) is 4. The van der Waals surface area contributed by atoms with Gasteiger partial charge in [0.25, 0.3) is 0 Å². The van der Waals surface area contributed by atoms with Crippen LogP contribution in [0.3, 0.4) is 0 Å². The fraction of sp³-hybridized carbons (Fsp3) is 0.667. The first-order valence-electron chi connectivity index (χ1n) is 6.49. The van der Waals surface area contributed by atoms with Crippen molar-refractivity contribution in [2.75, 3.05) is 18.5 Å². The van der Waals surface area contributed by atoms with Crippen LogP contribution in [-0.4, -0.2) is 68.6 Å². The summed E-state index contributed by atoms with van der Waals surface area (Å²) in [7, 11) is 0. The second-order valence-electron chi connectivity index (χ2n) is 5.28. The lowest BCUT2D eigenvalue weighted by Gasteiger charge is -2.41. The molecule has 21 heavy (non-hydrogen) atoms. The summed E-state index contributed by atoms with van der Waals surface area (Å²) >= 11 is 5.86. The van der Waals surface area contributed by atoms with Crippen LogP contribution in [0, 0.1) is 6.92 Å². The monoisotopic (exact) mass is 317 g/mol. The maximum absolute atomic E-state index is 10.2. The van der Waals surface area contributed by atoms with Gasteiger partial charge in [-0.3, -0.25) is 0 Å². The van der Waals surface area contributed by atoms with Crippen LogP contribution >= 0.6 is 11.6 Å². The molecule has 0 aliphatic carbocycles. The van der Waals surface area contributed by atoms with Gasteiger partial charge in [-0.05, 0) is 13.0 Å². The number of aromatic nitrogens is 2. The molecular formula is C12H16ClN3O5. The Morgan fingerprint density at radius 2 is 2.24 bits per heavy atom. The van der Waals surface area contributed by atoms with E-state index in [0.717, 1.165) is 0 Å². The zero-order chi connectivity index (χ0) is 15.2. The molecule has 2 aliphatic rings. The van der Waals surface area contributed by atoms with Crippen molar-refractivity contribution in [3.05, 3.63) is 16.9 Å². The SMILES string of the molecule is Cc1cc(Cl)nc(N[C@H]2[C@H]3OC[C@](CO)(O3)[C@H](O)[C@@H]2O)n1. The minimum atomic E-state index is -1.29. The van der Waals surface area contributed by atoms with Crippen LogP contribution in [0.2, 0.25) is 5.15 Å². The Kier molecular flexibility index (Phi) is 3.76. The number of ether oxygens (including phenoxy) is 2. The number of anilines is 1. The van der Waals surface area contributed by atoms with Gasteiger partial charge in [-0.1, -0.05) is 11.6 Å². The maximum atomic E-state index is 10.2. The Balaban J connectivity index is 1.83. The number of aliphatic hydroxyl groups is 3. The van der Waals surface area contributed by atoms with Crippen molar-refractivity contribution in [1.82, 2.24) is 9.97 Å². The number of nitrogens with zero attached hydrogens (tertiary/aromatic N) is 2. The van der Waals surface area contributed by atoms with Gasteiger partial charge >= 0.3 is 0 Å². The van der Waals surface area contributed by atoms with E-state index in [1.165, 1.54) is 0 Å². The van der Waals surface area contributed by atoms with Crippen molar-refractivity contribution in [2.24, 2.45) is 0 Å². The highest BCUT2D eigenvalue weighted by atomic mass is 35.5. The molecule has 8 nitrogen and oxygen atoms in total. The van der Waals surface area contributed by atoms with Crippen molar-refractivity contribution < 1.29 is 24.8 Å². The molecule has 3 heterocycles. The van der Waals surface area contributed by atoms with Crippen molar-refractivity contribution in [3.63, 3.8) is 0 Å². The van der Waals surface area contributed by atoms with Crippen LogP contribution in [0.4, 0.5) is 5.95 Å². The molecular weight excluding hydrogens is 302 g/mol. The number of hydrogen-bond acceptors (Lipinski definition) is 8. The van der Waals surface area contributed by atoms with E-state index in [4.69, 9.17) is 21.1 Å². The Morgan fingerprint density at radius 3 is 2.90 bits per heavy atom.